The summed E-state index contributed by atoms with van der Waals surface area (Å²) in [5.41, 5.74) is 0.477. The summed E-state index contributed by atoms with van der Waals surface area (Å²) < 4.78 is 0. The Kier molecular flexibility index (Phi) is 4.79. The van der Waals surface area contributed by atoms with Crippen LogP contribution in [0, 0.1) is 5.41 Å². The van der Waals surface area contributed by atoms with Crippen molar-refractivity contribution in [1.82, 2.24) is 10.2 Å². The average molecular weight is 256 g/mol. The van der Waals surface area contributed by atoms with Gasteiger partial charge in [-0.2, -0.15) is 11.8 Å². The van der Waals surface area contributed by atoms with Crippen molar-refractivity contribution in [3.63, 3.8) is 0 Å². The first-order chi connectivity index (χ1) is 8.08. The highest BCUT2D eigenvalue weighted by molar-refractivity contribution is 7.99. The third kappa shape index (κ3) is 3.87. The molecule has 0 aliphatic carbocycles. The molecule has 0 amide bonds. The molecule has 1 N–H and O–H groups in total. The Balaban J connectivity index is 1.78. The molecule has 2 aliphatic rings. The molecule has 0 aromatic heterocycles. The van der Waals surface area contributed by atoms with Crippen molar-refractivity contribution in [2.45, 2.75) is 52.1 Å². The van der Waals surface area contributed by atoms with E-state index < -0.39 is 0 Å². The molecule has 2 unspecified atom stereocenters. The van der Waals surface area contributed by atoms with Crippen molar-refractivity contribution >= 4 is 11.8 Å². The van der Waals surface area contributed by atoms with Crippen LogP contribution in [0.15, 0.2) is 0 Å². The second-order valence-corrected chi connectivity index (χ2v) is 7.59. The Morgan fingerprint density at radius 3 is 2.71 bits per heavy atom. The van der Waals surface area contributed by atoms with Crippen LogP contribution in [0.2, 0.25) is 0 Å². The fraction of sp³-hybridized carbons (Fsp3) is 1.00. The summed E-state index contributed by atoms with van der Waals surface area (Å²) in [5.74, 6) is 2.63. The molecular formula is C14H28N2S. The standard InChI is InChI=1S/C14H28N2S/c1-12(10-16-7-4-5-8-16)15-13-11-17-9-6-14(13,2)3/h12-13,15H,4-11H2,1-3H3. The van der Waals surface area contributed by atoms with E-state index in [0.29, 0.717) is 17.5 Å². The van der Waals surface area contributed by atoms with Gasteiger partial charge in [0.15, 0.2) is 0 Å². The summed E-state index contributed by atoms with van der Waals surface area (Å²) in [5, 5.41) is 3.87. The van der Waals surface area contributed by atoms with Crippen LogP contribution in [0.25, 0.3) is 0 Å². The van der Waals surface area contributed by atoms with E-state index in [-0.39, 0.29) is 0 Å². The maximum atomic E-state index is 3.87. The third-order valence-electron chi connectivity index (χ3n) is 4.34. The van der Waals surface area contributed by atoms with E-state index in [1.54, 1.807) is 0 Å². The SMILES string of the molecule is CC(CN1CCCC1)NC1CSCCC1(C)C. The second-order valence-electron chi connectivity index (χ2n) is 6.44. The molecule has 2 aliphatic heterocycles. The zero-order chi connectivity index (χ0) is 12.3. The molecule has 2 nitrogen and oxygen atoms in total. The minimum atomic E-state index is 0.477. The molecule has 0 bridgehead atoms. The maximum Gasteiger partial charge on any atom is 0.0212 e. The summed E-state index contributed by atoms with van der Waals surface area (Å²) in [7, 11) is 0. The molecule has 2 saturated heterocycles. The summed E-state index contributed by atoms with van der Waals surface area (Å²) in [6.07, 6.45) is 4.15. The van der Waals surface area contributed by atoms with Crippen molar-refractivity contribution in [3.8, 4) is 0 Å². The molecule has 100 valence electrons. The third-order valence-corrected chi connectivity index (χ3v) is 5.40. The Hall–Kier alpha value is 0.270. The van der Waals surface area contributed by atoms with Crippen molar-refractivity contribution < 1.29 is 0 Å². The molecule has 2 atom stereocenters. The average Bonchev–Trinajstić information content (AvgIpc) is 2.73. The van der Waals surface area contributed by atoms with Crippen molar-refractivity contribution in [1.29, 1.82) is 0 Å². The van der Waals surface area contributed by atoms with E-state index in [2.05, 4.69) is 42.7 Å². The van der Waals surface area contributed by atoms with Crippen LogP contribution in [0.1, 0.15) is 40.0 Å². The Morgan fingerprint density at radius 1 is 1.35 bits per heavy atom. The second kappa shape index (κ2) is 5.94. The van der Waals surface area contributed by atoms with Crippen molar-refractivity contribution in [2.75, 3.05) is 31.1 Å². The minimum absolute atomic E-state index is 0.477. The lowest BCUT2D eigenvalue weighted by Gasteiger charge is -2.41. The van der Waals surface area contributed by atoms with Crippen LogP contribution in [-0.2, 0) is 0 Å². The summed E-state index contributed by atoms with van der Waals surface area (Å²) in [6, 6.07) is 1.33. The van der Waals surface area contributed by atoms with E-state index in [0.717, 1.165) is 0 Å². The van der Waals surface area contributed by atoms with E-state index in [1.165, 1.54) is 50.4 Å². The highest BCUT2D eigenvalue weighted by Gasteiger charge is 2.33. The zero-order valence-corrected chi connectivity index (χ0v) is 12.5. The lowest BCUT2D eigenvalue weighted by atomic mass is 9.82. The normalized spacial score (nSPS) is 31.6. The van der Waals surface area contributed by atoms with Crippen LogP contribution in [-0.4, -0.2) is 48.1 Å². The molecule has 2 rings (SSSR count). The number of thioether (sulfide) groups is 1. The van der Waals surface area contributed by atoms with Crippen LogP contribution < -0.4 is 5.32 Å². The first-order valence-electron chi connectivity index (χ1n) is 7.14. The van der Waals surface area contributed by atoms with Gasteiger partial charge in [0.05, 0.1) is 0 Å². The van der Waals surface area contributed by atoms with Crippen LogP contribution >= 0.6 is 11.8 Å². The van der Waals surface area contributed by atoms with E-state index in [4.69, 9.17) is 0 Å². The van der Waals surface area contributed by atoms with Gasteiger partial charge in [-0.1, -0.05) is 13.8 Å². The number of rotatable bonds is 4. The molecule has 0 saturated carbocycles. The van der Waals surface area contributed by atoms with Crippen LogP contribution in [0.5, 0.6) is 0 Å². The number of likely N-dealkylation sites (tertiary alicyclic amines) is 1. The number of hydrogen-bond donors (Lipinski definition) is 1. The molecule has 17 heavy (non-hydrogen) atoms. The van der Waals surface area contributed by atoms with E-state index in [9.17, 15) is 0 Å². The van der Waals surface area contributed by atoms with Crippen molar-refractivity contribution in [2.24, 2.45) is 5.41 Å². The summed E-state index contributed by atoms with van der Waals surface area (Å²) in [6.45, 7) is 11.1. The van der Waals surface area contributed by atoms with Gasteiger partial charge in [-0.15, -0.1) is 0 Å². The summed E-state index contributed by atoms with van der Waals surface area (Å²) in [4.78, 5) is 2.61. The Labute approximate surface area is 111 Å². The van der Waals surface area contributed by atoms with Gasteiger partial charge in [-0.25, -0.2) is 0 Å². The van der Waals surface area contributed by atoms with Gasteiger partial charge in [0.1, 0.15) is 0 Å². The largest absolute Gasteiger partial charge is 0.309 e. The van der Waals surface area contributed by atoms with Gasteiger partial charge in [0.2, 0.25) is 0 Å². The first kappa shape index (κ1) is 13.7. The molecular weight excluding hydrogens is 228 g/mol. The molecule has 0 radical (unpaired) electrons. The summed E-state index contributed by atoms with van der Waals surface area (Å²) >= 11 is 2.11. The molecule has 2 heterocycles. The van der Waals surface area contributed by atoms with Gasteiger partial charge in [-0.3, -0.25) is 0 Å². The number of hydrogen-bond acceptors (Lipinski definition) is 3. The Morgan fingerprint density at radius 2 is 2.06 bits per heavy atom. The van der Waals surface area contributed by atoms with E-state index in [1.807, 2.05) is 0 Å². The minimum Gasteiger partial charge on any atom is -0.309 e. The van der Waals surface area contributed by atoms with Gasteiger partial charge in [-0.05, 0) is 50.4 Å². The smallest absolute Gasteiger partial charge is 0.0212 e. The predicted octanol–water partition coefficient (Wildman–Crippen LogP) is 2.59. The van der Waals surface area contributed by atoms with Crippen LogP contribution in [0.4, 0.5) is 0 Å². The number of nitrogens with zero attached hydrogens (tertiary/aromatic N) is 1. The fourth-order valence-electron chi connectivity index (χ4n) is 2.96. The number of nitrogens with one attached hydrogen (secondary N) is 1. The molecule has 0 aromatic carbocycles. The van der Waals surface area contributed by atoms with Crippen LogP contribution in [0.3, 0.4) is 0 Å². The highest BCUT2D eigenvalue weighted by atomic mass is 32.2. The predicted molar refractivity (Wildman–Crippen MR) is 77.8 cm³/mol. The van der Waals surface area contributed by atoms with Gasteiger partial charge >= 0.3 is 0 Å². The van der Waals surface area contributed by atoms with Crippen molar-refractivity contribution in [3.05, 3.63) is 0 Å². The molecule has 2 fully saturated rings. The van der Waals surface area contributed by atoms with Gasteiger partial charge in [0.25, 0.3) is 0 Å². The zero-order valence-electron chi connectivity index (χ0n) is 11.7. The highest BCUT2D eigenvalue weighted by Crippen LogP contribution is 2.34. The molecule has 3 heteroatoms. The topological polar surface area (TPSA) is 15.3 Å². The monoisotopic (exact) mass is 256 g/mol. The molecule has 0 aromatic rings. The van der Waals surface area contributed by atoms with Gasteiger partial charge in [0, 0.05) is 24.4 Å². The van der Waals surface area contributed by atoms with E-state index >= 15 is 0 Å². The lowest BCUT2D eigenvalue weighted by molar-refractivity contribution is 0.209. The molecule has 0 spiro atoms. The maximum absolute atomic E-state index is 3.87. The lowest BCUT2D eigenvalue weighted by Crippen LogP contribution is -2.52. The fourth-order valence-corrected chi connectivity index (χ4v) is 4.58. The quantitative estimate of drug-likeness (QED) is 0.832. The Bertz CT molecular complexity index is 236. The van der Waals surface area contributed by atoms with Gasteiger partial charge < -0.3 is 10.2 Å². The first-order valence-corrected chi connectivity index (χ1v) is 8.29.